The van der Waals surface area contributed by atoms with Crippen molar-refractivity contribution in [3.63, 3.8) is 0 Å². The summed E-state index contributed by atoms with van der Waals surface area (Å²) in [5.74, 6) is 1.00. The van der Waals surface area contributed by atoms with Crippen LogP contribution in [-0.4, -0.2) is 48.1 Å². The fraction of sp³-hybridized carbons (Fsp3) is 0.238. The maximum Gasteiger partial charge on any atom is 0.278 e. The van der Waals surface area contributed by atoms with Crippen LogP contribution in [0.2, 0.25) is 0 Å². The van der Waals surface area contributed by atoms with Crippen LogP contribution in [0.5, 0.6) is 17.2 Å². The average molecular weight is 425 g/mol. The number of anilines is 2. The van der Waals surface area contributed by atoms with Gasteiger partial charge in [-0.05, 0) is 31.2 Å². The lowest BCUT2D eigenvalue weighted by Gasteiger charge is -2.10. The lowest BCUT2D eigenvalue weighted by atomic mass is 10.2. The molecule has 31 heavy (non-hydrogen) atoms. The zero-order valence-corrected chi connectivity index (χ0v) is 17.6. The number of methoxy groups -OCH3 is 3. The molecule has 0 spiro atoms. The van der Waals surface area contributed by atoms with Crippen LogP contribution < -0.4 is 24.8 Å². The maximum absolute atomic E-state index is 12.5. The zero-order chi connectivity index (χ0) is 22.4. The number of nitrogens with zero attached hydrogens (tertiary/aromatic N) is 3. The molecule has 2 aromatic carbocycles. The third-order valence-electron chi connectivity index (χ3n) is 4.47. The molecule has 0 aliphatic heterocycles. The molecule has 0 saturated carbocycles. The van der Waals surface area contributed by atoms with E-state index in [-0.39, 0.29) is 18.1 Å². The van der Waals surface area contributed by atoms with Gasteiger partial charge in [0, 0.05) is 29.6 Å². The minimum atomic E-state index is -0.424. The molecule has 1 aromatic heterocycles. The Kier molecular flexibility index (Phi) is 6.71. The summed E-state index contributed by atoms with van der Waals surface area (Å²) in [7, 11) is 4.62. The topological polar surface area (TPSA) is 117 Å². The molecule has 0 fully saturated rings. The van der Waals surface area contributed by atoms with Crippen molar-refractivity contribution < 1.29 is 23.8 Å². The van der Waals surface area contributed by atoms with E-state index in [2.05, 4.69) is 20.9 Å². The standard InChI is InChI=1S/C21H23N5O5/c1-13-20(21(28)23-14-5-7-16(29-2)8-6-14)24-25-26(13)12-19(27)22-15-9-17(30-3)11-18(10-15)31-4/h5-11H,12H2,1-4H3,(H,22,27)(H,23,28). The molecule has 0 aliphatic carbocycles. The largest absolute Gasteiger partial charge is 0.497 e. The van der Waals surface area contributed by atoms with Crippen molar-refractivity contribution in [1.29, 1.82) is 0 Å². The van der Waals surface area contributed by atoms with Crippen LogP contribution in [0.3, 0.4) is 0 Å². The van der Waals surface area contributed by atoms with E-state index in [1.165, 1.54) is 18.9 Å². The van der Waals surface area contributed by atoms with Crippen LogP contribution in [0.15, 0.2) is 42.5 Å². The van der Waals surface area contributed by atoms with Crippen molar-refractivity contribution in [3.8, 4) is 17.2 Å². The number of hydrogen-bond acceptors (Lipinski definition) is 7. The summed E-state index contributed by atoms with van der Waals surface area (Å²) in [5.41, 5.74) is 1.69. The summed E-state index contributed by atoms with van der Waals surface area (Å²) in [4.78, 5) is 25.0. The van der Waals surface area contributed by atoms with Gasteiger partial charge >= 0.3 is 0 Å². The van der Waals surface area contributed by atoms with Gasteiger partial charge in [-0.15, -0.1) is 5.10 Å². The van der Waals surface area contributed by atoms with Crippen molar-refractivity contribution in [2.45, 2.75) is 13.5 Å². The fourth-order valence-electron chi connectivity index (χ4n) is 2.80. The van der Waals surface area contributed by atoms with Crippen molar-refractivity contribution in [2.75, 3.05) is 32.0 Å². The van der Waals surface area contributed by atoms with Crippen LogP contribution in [0, 0.1) is 6.92 Å². The van der Waals surface area contributed by atoms with E-state index in [1.54, 1.807) is 56.5 Å². The molecule has 162 valence electrons. The smallest absolute Gasteiger partial charge is 0.278 e. The van der Waals surface area contributed by atoms with Gasteiger partial charge in [0.1, 0.15) is 23.8 Å². The number of rotatable bonds is 8. The highest BCUT2D eigenvalue weighted by molar-refractivity contribution is 6.03. The first-order chi connectivity index (χ1) is 14.9. The molecule has 0 bridgehead atoms. The highest BCUT2D eigenvalue weighted by Gasteiger charge is 2.18. The Morgan fingerprint density at radius 3 is 2.06 bits per heavy atom. The van der Waals surface area contributed by atoms with Crippen molar-refractivity contribution in [1.82, 2.24) is 15.0 Å². The Morgan fingerprint density at radius 1 is 0.871 bits per heavy atom. The molecular formula is C21H23N5O5. The van der Waals surface area contributed by atoms with Gasteiger partial charge in [-0.1, -0.05) is 5.21 Å². The predicted octanol–water partition coefficient (Wildman–Crippen LogP) is 2.50. The van der Waals surface area contributed by atoms with E-state index < -0.39 is 5.91 Å². The van der Waals surface area contributed by atoms with Crippen molar-refractivity contribution in [2.24, 2.45) is 0 Å². The van der Waals surface area contributed by atoms with Gasteiger partial charge in [0.05, 0.1) is 27.0 Å². The van der Waals surface area contributed by atoms with E-state index in [0.29, 0.717) is 34.3 Å². The molecule has 3 rings (SSSR count). The highest BCUT2D eigenvalue weighted by atomic mass is 16.5. The average Bonchev–Trinajstić information content (AvgIpc) is 3.13. The number of nitrogens with one attached hydrogen (secondary N) is 2. The second-order valence-corrected chi connectivity index (χ2v) is 6.51. The Bertz CT molecular complexity index is 1060. The van der Waals surface area contributed by atoms with Crippen LogP contribution in [0.25, 0.3) is 0 Å². The van der Waals surface area contributed by atoms with Gasteiger partial charge in [-0.3, -0.25) is 9.59 Å². The van der Waals surface area contributed by atoms with Gasteiger partial charge in [0.25, 0.3) is 5.91 Å². The van der Waals surface area contributed by atoms with E-state index in [4.69, 9.17) is 14.2 Å². The van der Waals surface area contributed by atoms with Crippen molar-refractivity contribution in [3.05, 3.63) is 53.9 Å². The van der Waals surface area contributed by atoms with E-state index in [0.717, 1.165) is 0 Å². The summed E-state index contributed by atoms with van der Waals surface area (Å²) in [6.45, 7) is 1.55. The first-order valence-corrected chi connectivity index (χ1v) is 9.32. The lowest BCUT2D eigenvalue weighted by molar-refractivity contribution is -0.117. The Labute approximate surface area is 179 Å². The Hall–Kier alpha value is -4.08. The second-order valence-electron chi connectivity index (χ2n) is 6.51. The minimum absolute atomic E-state index is 0.117. The predicted molar refractivity (Wildman–Crippen MR) is 114 cm³/mol. The van der Waals surface area contributed by atoms with Gasteiger partial charge in [-0.25, -0.2) is 4.68 Å². The molecule has 0 atom stereocenters. The van der Waals surface area contributed by atoms with Gasteiger partial charge < -0.3 is 24.8 Å². The minimum Gasteiger partial charge on any atom is -0.497 e. The molecule has 1 heterocycles. The molecule has 0 saturated heterocycles. The van der Waals surface area contributed by atoms with E-state index in [9.17, 15) is 9.59 Å². The van der Waals surface area contributed by atoms with Crippen LogP contribution in [0.1, 0.15) is 16.2 Å². The maximum atomic E-state index is 12.5. The van der Waals surface area contributed by atoms with Gasteiger partial charge in [0.2, 0.25) is 5.91 Å². The van der Waals surface area contributed by atoms with Crippen molar-refractivity contribution >= 4 is 23.2 Å². The molecule has 10 heteroatoms. The number of aromatic nitrogens is 3. The van der Waals surface area contributed by atoms with Crippen LogP contribution in [-0.2, 0) is 11.3 Å². The number of ether oxygens (including phenoxy) is 3. The van der Waals surface area contributed by atoms with Gasteiger partial charge in [0.15, 0.2) is 5.69 Å². The molecule has 3 aromatic rings. The molecule has 0 unspecified atom stereocenters. The lowest BCUT2D eigenvalue weighted by Crippen LogP contribution is -2.21. The Balaban J connectivity index is 1.66. The SMILES string of the molecule is COc1ccc(NC(=O)c2nnn(CC(=O)Nc3cc(OC)cc(OC)c3)c2C)cc1. The number of carbonyl (C=O) groups excluding carboxylic acids is 2. The quantitative estimate of drug-likeness (QED) is 0.569. The first kappa shape index (κ1) is 21.6. The summed E-state index contributed by atoms with van der Waals surface area (Å²) in [6.07, 6.45) is 0. The van der Waals surface area contributed by atoms with E-state index >= 15 is 0 Å². The number of hydrogen-bond donors (Lipinski definition) is 2. The molecule has 2 N–H and O–H groups in total. The summed E-state index contributed by atoms with van der Waals surface area (Å²) in [5, 5.41) is 13.3. The number of benzene rings is 2. The molecule has 0 radical (unpaired) electrons. The second kappa shape index (κ2) is 9.61. The molecule has 2 amide bonds. The molecular weight excluding hydrogens is 402 g/mol. The summed E-state index contributed by atoms with van der Waals surface area (Å²) >= 11 is 0. The van der Waals surface area contributed by atoms with E-state index in [1.807, 2.05) is 0 Å². The fourth-order valence-corrected chi connectivity index (χ4v) is 2.80. The normalized spacial score (nSPS) is 10.3. The summed E-state index contributed by atoms with van der Waals surface area (Å²) < 4.78 is 16.8. The monoisotopic (exact) mass is 425 g/mol. The third-order valence-corrected chi connectivity index (χ3v) is 4.47. The third kappa shape index (κ3) is 5.30. The highest BCUT2D eigenvalue weighted by Crippen LogP contribution is 2.25. The molecule has 0 aliphatic rings. The van der Waals surface area contributed by atoms with Crippen LogP contribution >= 0.6 is 0 Å². The Morgan fingerprint density at radius 2 is 1.48 bits per heavy atom. The first-order valence-electron chi connectivity index (χ1n) is 9.32. The van der Waals surface area contributed by atoms with Gasteiger partial charge in [-0.2, -0.15) is 0 Å². The van der Waals surface area contributed by atoms with Crippen LogP contribution in [0.4, 0.5) is 11.4 Å². The summed E-state index contributed by atoms with van der Waals surface area (Å²) in [6, 6.07) is 11.9. The number of carbonyl (C=O) groups is 2. The number of amides is 2. The zero-order valence-electron chi connectivity index (χ0n) is 17.6. The molecule has 10 nitrogen and oxygen atoms in total.